The molecule has 0 aromatic rings. The Labute approximate surface area is 139 Å². The average molecular weight is 304 g/mol. The molecule has 0 fully saturated rings. The van der Waals surface area contributed by atoms with Gasteiger partial charge in [0.05, 0.1) is 0 Å². The van der Waals surface area contributed by atoms with Crippen molar-refractivity contribution < 1.29 is 101 Å². The predicted molar refractivity (Wildman–Crippen MR) is 42.9 cm³/mol. The molecule has 0 aliphatic rings. The molecule has 0 aromatic carbocycles. The van der Waals surface area contributed by atoms with Crippen LogP contribution in [0.2, 0.25) is 0 Å². The molecule has 11 nitrogen and oxygen atoms in total. The zero-order valence-corrected chi connectivity index (χ0v) is 14.1. The molecule has 15 heteroatoms. The first-order chi connectivity index (χ1) is 5.10. The maximum atomic E-state index is 9.95. The van der Waals surface area contributed by atoms with Gasteiger partial charge in [-0.15, -0.1) is 0 Å². The Morgan fingerprint density at radius 1 is 0.875 bits per heavy atom. The van der Waals surface area contributed by atoms with Crippen LogP contribution in [0.25, 0.3) is 0 Å². The zero-order valence-electron chi connectivity index (χ0n) is 10.5. The predicted octanol–water partition coefficient (Wildman–Crippen LogP) is -6.70. The fraction of sp³-hybridized carbons (Fsp3) is 0. The van der Waals surface area contributed by atoms with E-state index >= 15 is 0 Å². The van der Waals surface area contributed by atoms with Gasteiger partial charge in [-0.05, 0) is 0 Å². The molecule has 0 aliphatic heterocycles. The summed E-state index contributed by atoms with van der Waals surface area (Å²) in [5.41, 5.74) is 0. The van der Waals surface area contributed by atoms with Gasteiger partial charge in [0, 0.05) is 0 Å². The van der Waals surface area contributed by atoms with E-state index in [2.05, 4.69) is 8.37 Å². The van der Waals surface area contributed by atoms with Gasteiger partial charge in [0.25, 0.3) is 0 Å². The van der Waals surface area contributed by atoms with Gasteiger partial charge in [0.2, 0.25) is 0 Å². The van der Waals surface area contributed by atoms with Crippen LogP contribution in [0.3, 0.4) is 0 Å². The van der Waals surface area contributed by atoms with Crippen molar-refractivity contribution in [2.75, 3.05) is 0 Å². The van der Waals surface area contributed by atoms with Crippen LogP contribution in [-0.4, -0.2) is 32.1 Å². The third kappa shape index (κ3) is 24.3. The Kier molecular flexibility index (Phi) is 21.0. The van der Waals surface area contributed by atoms with Crippen LogP contribution in [0.15, 0.2) is 0 Å². The number of carbonyl (C=O) groups is 1. The maximum Gasteiger partial charge on any atom is 1.00 e. The van der Waals surface area contributed by atoms with Crippen molar-refractivity contribution >= 4 is 27.0 Å². The van der Waals surface area contributed by atoms with E-state index in [1.54, 1.807) is 0 Å². The smallest absolute Gasteiger partial charge is 1.00 e. The monoisotopic (exact) mass is 304 g/mol. The first kappa shape index (κ1) is 30.2. The standard InChI is InChI=1S/CH2O9S2.2H3N.2Na.2H/c2-1(9-11(3,4)5)10-12(6,7)8;;;;;;/h(H,3,4,5)(H,6,7,8);2*1H3;;;;/q;;;2*+1;2*-1. The van der Waals surface area contributed by atoms with Crippen LogP contribution in [0.4, 0.5) is 4.79 Å². The second-order valence-electron chi connectivity index (χ2n) is 1.27. The summed E-state index contributed by atoms with van der Waals surface area (Å²) in [6.45, 7) is 0. The maximum absolute atomic E-state index is 9.95. The summed E-state index contributed by atoms with van der Waals surface area (Å²) in [7, 11) is -10.3. The molecule has 0 heterocycles. The Balaban J connectivity index is -0.0000000403. The minimum absolute atomic E-state index is 0. The van der Waals surface area contributed by atoms with Crippen molar-refractivity contribution in [2.24, 2.45) is 0 Å². The molecular weight excluding hydrogens is 294 g/mol. The molecule has 16 heavy (non-hydrogen) atoms. The van der Waals surface area contributed by atoms with Crippen molar-refractivity contribution in [3.63, 3.8) is 0 Å². The van der Waals surface area contributed by atoms with E-state index in [0.717, 1.165) is 0 Å². The molecule has 0 atom stereocenters. The Morgan fingerprint density at radius 3 is 1.19 bits per heavy atom. The third-order valence-corrected chi connectivity index (χ3v) is 1.04. The summed E-state index contributed by atoms with van der Waals surface area (Å²) in [6, 6.07) is 0. The number of hydrogen-bond donors (Lipinski definition) is 4. The Bertz CT molecular complexity index is 345. The zero-order chi connectivity index (χ0) is 9.99. The third-order valence-electron chi connectivity index (χ3n) is 0.347. The summed E-state index contributed by atoms with van der Waals surface area (Å²) < 4.78 is 60.1. The summed E-state index contributed by atoms with van der Waals surface area (Å²) in [5, 5.41) is 0. The number of hydrogen-bond acceptors (Lipinski definition) is 9. The molecule has 0 saturated carbocycles. The van der Waals surface area contributed by atoms with E-state index in [1.165, 1.54) is 0 Å². The largest absolute Gasteiger partial charge is 1.00 e. The number of carbonyl (C=O) groups excluding carboxylic acids is 1. The van der Waals surface area contributed by atoms with Crippen molar-refractivity contribution in [1.29, 1.82) is 0 Å². The van der Waals surface area contributed by atoms with E-state index in [0.29, 0.717) is 0 Å². The molecule has 0 bridgehead atoms. The minimum atomic E-state index is -5.15. The minimum Gasteiger partial charge on any atom is -1.00 e. The molecule has 0 unspecified atom stereocenters. The van der Waals surface area contributed by atoms with Crippen LogP contribution in [0, 0.1) is 0 Å². The first-order valence-corrected chi connectivity index (χ1v) is 4.71. The van der Waals surface area contributed by atoms with Gasteiger partial charge in [-0.25, -0.2) is 4.79 Å². The second kappa shape index (κ2) is 11.1. The van der Waals surface area contributed by atoms with E-state index in [-0.39, 0.29) is 74.3 Å². The van der Waals surface area contributed by atoms with Crippen molar-refractivity contribution in [1.82, 2.24) is 12.3 Å². The van der Waals surface area contributed by atoms with Crippen LogP contribution in [0.1, 0.15) is 2.85 Å². The molecule has 92 valence electrons. The van der Waals surface area contributed by atoms with Crippen molar-refractivity contribution in [3.05, 3.63) is 0 Å². The van der Waals surface area contributed by atoms with Gasteiger partial charge in [-0.1, -0.05) is 0 Å². The molecule has 0 radical (unpaired) electrons. The fourth-order valence-electron chi connectivity index (χ4n) is 0.186. The molecule has 0 saturated heterocycles. The molecule has 0 aromatic heterocycles. The van der Waals surface area contributed by atoms with Crippen LogP contribution >= 0.6 is 0 Å². The first-order valence-electron chi connectivity index (χ1n) is 1.98. The van der Waals surface area contributed by atoms with E-state index < -0.39 is 27.0 Å². The normalized spacial score (nSPS) is 9.12. The van der Waals surface area contributed by atoms with Crippen LogP contribution in [-0.2, 0) is 29.2 Å². The summed E-state index contributed by atoms with van der Waals surface area (Å²) in [5.74, 6) is 0. The summed E-state index contributed by atoms with van der Waals surface area (Å²) in [6.07, 6.45) is -2.29. The molecular formula is CH10N2Na2O9S2. The molecule has 0 rings (SSSR count). The summed E-state index contributed by atoms with van der Waals surface area (Å²) >= 11 is 0. The van der Waals surface area contributed by atoms with Gasteiger partial charge in [-0.2, -0.15) is 16.8 Å². The molecule has 0 spiro atoms. The van der Waals surface area contributed by atoms with E-state index in [1.807, 2.05) is 0 Å². The Hall–Kier alpha value is 1.01. The van der Waals surface area contributed by atoms with Gasteiger partial charge >= 0.3 is 86.1 Å². The number of rotatable bonds is 2. The van der Waals surface area contributed by atoms with Gasteiger partial charge in [-0.3, -0.25) is 17.5 Å². The van der Waals surface area contributed by atoms with Crippen LogP contribution < -0.4 is 71.4 Å². The topological polar surface area (TPSA) is 214 Å². The van der Waals surface area contributed by atoms with E-state index in [9.17, 15) is 21.6 Å². The SMILES string of the molecule is N.N.O=C(OS(=O)(=O)O)OS(=O)(=O)O.[H-].[H-].[Na+].[Na+]. The fourth-order valence-corrected chi connectivity index (χ4v) is 0.641. The van der Waals surface area contributed by atoms with Gasteiger partial charge < -0.3 is 15.2 Å². The summed E-state index contributed by atoms with van der Waals surface area (Å²) in [4.78, 5) is 9.95. The van der Waals surface area contributed by atoms with Gasteiger partial charge in [0.15, 0.2) is 0 Å². The Morgan fingerprint density at radius 2 is 1.06 bits per heavy atom. The van der Waals surface area contributed by atoms with Crippen molar-refractivity contribution in [3.8, 4) is 0 Å². The molecule has 0 aliphatic carbocycles. The quantitative estimate of drug-likeness (QED) is 0.277. The molecule has 8 N–H and O–H groups in total. The molecule has 0 amide bonds. The average Bonchev–Trinajstić information content (AvgIpc) is 1.49. The van der Waals surface area contributed by atoms with E-state index in [4.69, 9.17) is 9.11 Å². The van der Waals surface area contributed by atoms with Crippen molar-refractivity contribution in [2.45, 2.75) is 0 Å². The second-order valence-corrected chi connectivity index (χ2v) is 3.32. The van der Waals surface area contributed by atoms with Gasteiger partial charge in [0.1, 0.15) is 0 Å². The van der Waals surface area contributed by atoms with Crippen LogP contribution in [0.5, 0.6) is 0 Å².